The van der Waals surface area contributed by atoms with Crippen LogP contribution in [-0.4, -0.2) is 12.0 Å². The summed E-state index contributed by atoms with van der Waals surface area (Å²) in [5.41, 5.74) is 3.29. The molecule has 94 valence electrons. The predicted octanol–water partition coefficient (Wildman–Crippen LogP) is 4.11. The number of anilines is 1. The van der Waals surface area contributed by atoms with E-state index in [4.69, 9.17) is 23.2 Å². The molecule has 0 spiro atoms. The molecule has 0 aliphatic carbocycles. The molecule has 0 unspecified atom stereocenters. The SMILES string of the molecule is CN(Cc1cccc(Cl)c1)c1cnccc1CCl. The zero-order valence-corrected chi connectivity index (χ0v) is 11.6. The number of pyridine rings is 1. The molecule has 4 heteroatoms. The Kier molecular flexibility index (Phi) is 4.45. The van der Waals surface area contributed by atoms with E-state index in [1.807, 2.05) is 37.5 Å². The standard InChI is InChI=1S/C14H14Cl2N2/c1-18(10-11-3-2-4-13(16)7-11)14-9-17-6-5-12(14)8-15/h2-7,9H,8,10H2,1H3. The van der Waals surface area contributed by atoms with Crippen molar-refractivity contribution >= 4 is 28.9 Å². The van der Waals surface area contributed by atoms with Gasteiger partial charge in [-0.1, -0.05) is 23.7 Å². The van der Waals surface area contributed by atoms with Crippen molar-refractivity contribution in [2.24, 2.45) is 0 Å². The van der Waals surface area contributed by atoms with Gasteiger partial charge in [-0.05, 0) is 29.3 Å². The van der Waals surface area contributed by atoms with Gasteiger partial charge in [-0.3, -0.25) is 4.98 Å². The summed E-state index contributed by atoms with van der Waals surface area (Å²) in [5, 5.41) is 0.754. The van der Waals surface area contributed by atoms with Gasteiger partial charge in [-0.2, -0.15) is 0 Å². The number of hydrogen-bond acceptors (Lipinski definition) is 2. The lowest BCUT2D eigenvalue weighted by Crippen LogP contribution is -2.18. The molecule has 0 bridgehead atoms. The minimum Gasteiger partial charge on any atom is -0.369 e. The maximum absolute atomic E-state index is 5.98. The van der Waals surface area contributed by atoms with Gasteiger partial charge in [-0.15, -0.1) is 11.6 Å². The summed E-state index contributed by atoms with van der Waals surface area (Å²) >= 11 is 11.9. The molecule has 2 rings (SSSR count). The molecular weight excluding hydrogens is 267 g/mol. The summed E-state index contributed by atoms with van der Waals surface area (Å²) < 4.78 is 0. The highest BCUT2D eigenvalue weighted by Gasteiger charge is 2.07. The van der Waals surface area contributed by atoms with Crippen molar-refractivity contribution in [2.45, 2.75) is 12.4 Å². The van der Waals surface area contributed by atoms with Crippen molar-refractivity contribution in [3.8, 4) is 0 Å². The van der Waals surface area contributed by atoms with Crippen LogP contribution in [0.5, 0.6) is 0 Å². The fourth-order valence-electron chi connectivity index (χ4n) is 1.87. The van der Waals surface area contributed by atoms with Crippen LogP contribution in [0.3, 0.4) is 0 Å². The Bertz CT molecular complexity index is 529. The van der Waals surface area contributed by atoms with E-state index in [-0.39, 0.29) is 0 Å². The second-order valence-corrected chi connectivity index (χ2v) is 4.83. The van der Waals surface area contributed by atoms with E-state index in [0.29, 0.717) is 5.88 Å². The van der Waals surface area contributed by atoms with E-state index < -0.39 is 0 Å². The third-order valence-electron chi connectivity index (χ3n) is 2.75. The Hall–Kier alpha value is -1.25. The first kappa shape index (κ1) is 13.2. The topological polar surface area (TPSA) is 16.1 Å². The van der Waals surface area contributed by atoms with Crippen LogP contribution in [0.25, 0.3) is 0 Å². The Labute approximate surface area is 117 Å². The summed E-state index contributed by atoms with van der Waals surface area (Å²) in [5.74, 6) is 0.484. The van der Waals surface area contributed by atoms with Gasteiger partial charge in [-0.25, -0.2) is 0 Å². The highest BCUT2D eigenvalue weighted by Crippen LogP contribution is 2.22. The number of hydrogen-bond donors (Lipinski definition) is 0. The molecule has 1 heterocycles. The fourth-order valence-corrected chi connectivity index (χ4v) is 2.30. The van der Waals surface area contributed by atoms with Crippen molar-refractivity contribution in [1.29, 1.82) is 0 Å². The van der Waals surface area contributed by atoms with Crippen LogP contribution in [0.4, 0.5) is 5.69 Å². The van der Waals surface area contributed by atoms with Gasteiger partial charge in [0.2, 0.25) is 0 Å². The molecule has 0 N–H and O–H groups in total. The lowest BCUT2D eigenvalue weighted by atomic mass is 10.2. The summed E-state index contributed by atoms with van der Waals surface area (Å²) in [7, 11) is 2.02. The number of rotatable bonds is 4. The maximum Gasteiger partial charge on any atom is 0.0597 e. The van der Waals surface area contributed by atoms with Crippen molar-refractivity contribution in [2.75, 3.05) is 11.9 Å². The molecule has 0 atom stereocenters. The number of nitrogens with zero attached hydrogens (tertiary/aromatic N) is 2. The number of halogens is 2. The quantitative estimate of drug-likeness (QED) is 0.784. The first-order valence-corrected chi connectivity index (χ1v) is 6.56. The van der Waals surface area contributed by atoms with Crippen LogP contribution in [0.15, 0.2) is 42.7 Å². The Morgan fingerprint density at radius 2 is 2.11 bits per heavy atom. The first-order valence-electron chi connectivity index (χ1n) is 5.65. The van der Waals surface area contributed by atoms with E-state index in [9.17, 15) is 0 Å². The molecule has 2 aromatic rings. The molecule has 0 saturated carbocycles. The smallest absolute Gasteiger partial charge is 0.0597 e. The molecule has 0 amide bonds. The zero-order chi connectivity index (χ0) is 13.0. The van der Waals surface area contributed by atoms with E-state index >= 15 is 0 Å². The number of alkyl halides is 1. The second kappa shape index (κ2) is 6.07. The first-order chi connectivity index (χ1) is 8.70. The monoisotopic (exact) mass is 280 g/mol. The summed E-state index contributed by atoms with van der Waals surface area (Å²) in [6.07, 6.45) is 3.59. The maximum atomic E-state index is 5.98. The van der Waals surface area contributed by atoms with E-state index in [1.165, 1.54) is 0 Å². The number of aromatic nitrogens is 1. The van der Waals surface area contributed by atoms with Crippen LogP contribution < -0.4 is 4.90 Å². The highest BCUT2D eigenvalue weighted by atomic mass is 35.5. The van der Waals surface area contributed by atoms with Crippen molar-refractivity contribution in [3.63, 3.8) is 0 Å². The molecule has 0 saturated heterocycles. The van der Waals surface area contributed by atoms with Crippen LogP contribution >= 0.6 is 23.2 Å². The molecule has 1 aromatic carbocycles. The van der Waals surface area contributed by atoms with Crippen LogP contribution in [0, 0.1) is 0 Å². The lowest BCUT2D eigenvalue weighted by Gasteiger charge is -2.21. The Balaban J connectivity index is 2.19. The second-order valence-electron chi connectivity index (χ2n) is 4.12. The van der Waals surface area contributed by atoms with Gasteiger partial charge in [0.1, 0.15) is 0 Å². The summed E-state index contributed by atoms with van der Waals surface area (Å²) in [4.78, 5) is 6.27. The van der Waals surface area contributed by atoms with E-state index in [1.54, 1.807) is 6.20 Å². The van der Waals surface area contributed by atoms with Crippen LogP contribution in [0.1, 0.15) is 11.1 Å². The van der Waals surface area contributed by atoms with Crippen LogP contribution in [-0.2, 0) is 12.4 Å². The van der Waals surface area contributed by atoms with Crippen molar-refractivity contribution in [3.05, 3.63) is 58.9 Å². The van der Waals surface area contributed by atoms with Gasteiger partial charge < -0.3 is 4.90 Å². The summed E-state index contributed by atoms with van der Waals surface area (Å²) in [6.45, 7) is 0.774. The van der Waals surface area contributed by atoms with Gasteiger partial charge >= 0.3 is 0 Å². The minimum absolute atomic E-state index is 0.484. The van der Waals surface area contributed by atoms with Crippen molar-refractivity contribution < 1.29 is 0 Å². The van der Waals surface area contributed by atoms with Gasteiger partial charge in [0.25, 0.3) is 0 Å². The average Bonchev–Trinajstić information content (AvgIpc) is 2.38. The molecule has 0 radical (unpaired) electrons. The highest BCUT2D eigenvalue weighted by molar-refractivity contribution is 6.30. The van der Waals surface area contributed by atoms with Crippen molar-refractivity contribution in [1.82, 2.24) is 4.98 Å². The lowest BCUT2D eigenvalue weighted by molar-refractivity contribution is 0.910. The molecular formula is C14H14Cl2N2. The Morgan fingerprint density at radius 1 is 1.28 bits per heavy atom. The molecule has 0 aliphatic heterocycles. The van der Waals surface area contributed by atoms with Gasteiger partial charge in [0.15, 0.2) is 0 Å². The fraction of sp³-hybridized carbons (Fsp3) is 0.214. The third-order valence-corrected chi connectivity index (χ3v) is 3.27. The van der Waals surface area contributed by atoms with E-state index in [0.717, 1.165) is 28.4 Å². The van der Waals surface area contributed by atoms with Gasteiger partial charge in [0.05, 0.1) is 11.9 Å². The minimum atomic E-state index is 0.484. The third kappa shape index (κ3) is 3.15. The molecule has 0 aliphatic rings. The molecule has 2 nitrogen and oxygen atoms in total. The Morgan fingerprint density at radius 3 is 2.83 bits per heavy atom. The zero-order valence-electron chi connectivity index (χ0n) is 10.1. The van der Waals surface area contributed by atoms with Gasteiger partial charge in [0, 0.05) is 30.7 Å². The molecule has 1 aromatic heterocycles. The largest absolute Gasteiger partial charge is 0.369 e. The predicted molar refractivity (Wildman–Crippen MR) is 77.4 cm³/mol. The molecule has 0 fully saturated rings. The van der Waals surface area contributed by atoms with Crippen LogP contribution in [0.2, 0.25) is 5.02 Å². The normalized spacial score (nSPS) is 10.4. The summed E-state index contributed by atoms with van der Waals surface area (Å²) in [6, 6.07) is 9.79. The average molecular weight is 281 g/mol. The van der Waals surface area contributed by atoms with E-state index in [2.05, 4.69) is 16.0 Å². The molecule has 18 heavy (non-hydrogen) atoms. The number of benzene rings is 1.